The van der Waals surface area contributed by atoms with E-state index in [0.29, 0.717) is 13.2 Å². The summed E-state index contributed by atoms with van der Waals surface area (Å²) in [7, 11) is 1.65. The monoisotopic (exact) mass is 145 g/mol. The molecule has 0 aromatic carbocycles. The Labute approximate surface area is 61.4 Å². The second-order valence-corrected chi connectivity index (χ2v) is 1.82. The maximum Gasteiger partial charge on any atom is 0.110 e. The molecule has 0 aliphatic heterocycles. The SMILES string of the molecule is CCC(=NCCOC)NN. The molecular formula is C6H15N3O. The van der Waals surface area contributed by atoms with E-state index in [9.17, 15) is 0 Å². The summed E-state index contributed by atoms with van der Waals surface area (Å²) in [6.45, 7) is 3.31. The Hall–Kier alpha value is -0.610. The number of methoxy groups -OCH3 is 1. The zero-order chi connectivity index (χ0) is 7.82. The van der Waals surface area contributed by atoms with Gasteiger partial charge in [-0.15, -0.1) is 0 Å². The van der Waals surface area contributed by atoms with Gasteiger partial charge in [-0.1, -0.05) is 6.92 Å². The number of hydrogen-bond acceptors (Lipinski definition) is 3. The van der Waals surface area contributed by atoms with Crippen LogP contribution in [0.15, 0.2) is 4.99 Å². The third-order valence-electron chi connectivity index (χ3n) is 1.10. The van der Waals surface area contributed by atoms with Gasteiger partial charge in [-0.25, -0.2) is 5.84 Å². The van der Waals surface area contributed by atoms with Crippen molar-refractivity contribution in [1.82, 2.24) is 5.43 Å². The Balaban J connectivity index is 3.43. The molecule has 0 fully saturated rings. The number of hydrogen-bond donors (Lipinski definition) is 2. The minimum atomic E-state index is 0.644. The number of hydrazine groups is 1. The first-order chi connectivity index (χ1) is 4.85. The van der Waals surface area contributed by atoms with Crippen LogP contribution in [0, 0.1) is 0 Å². The van der Waals surface area contributed by atoms with Crippen LogP contribution in [-0.2, 0) is 4.74 Å². The number of amidine groups is 1. The van der Waals surface area contributed by atoms with Crippen LogP contribution in [0.3, 0.4) is 0 Å². The maximum absolute atomic E-state index is 5.14. The highest BCUT2D eigenvalue weighted by Gasteiger charge is 1.88. The molecule has 0 aromatic rings. The van der Waals surface area contributed by atoms with Crippen LogP contribution in [0.4, 0.5) is 0 Å². The lowest BCUT2D eigenvalue weighted by Gasteiger charge is -2.00. The van der Waals surface area contributed by atoms with Gasteiger partial charge >= 0.3 is 0 Å². The summed E-state index contributed by atoms with van der Waals surface area (Å²) in [5, 5.41) is 0. The van der Waals surface area contributed by atoms with Crippen molar-refractivity contribution < 1.29 is 4.74 Å². The average molecular weight is 145 g/mol. The van der Waals surface area contributed by atoms with E-state index >= 15 is 0 Å². The van der Waals surface area contributed by atoms with Gasteiger partial charge in [0.05, 0.1) is 13.2 Å². The van der Waals surface area contributed by atoms with E-state index < -0.39 is 0 Å². The molecule has 0 spiro atoms. The van der Waals surface area contributed by atoms with Crippen LogP contribution in [-0.4, -0.2) is 26.1 Å². The van der Waals surface area contributed by atoms with E-state index in [4.69, 9.17) is 10.6 Å². The summed E-state index contributed by atoms with van der Waals surface area (Å²) >= 11 is 0. The maximum atomic E-state index is 5.14. The highest BCUT2D eigenvalue weighted by molar-refractivity contribution is 5.81. The van der Waals surface area contributed by atoms with Crippen molar-refractivity contribution in [2.24, 2.45) is 10.8 Å². The molecular weight excluding hydrogens is 130 g/mol. The van der Waals surface area contributed by atoms with Crippen molar-refractivity contribution >= 4 is 5.84 Å². The van der Waals surface area contributed by atoms with Crippen molar-refractivity contribution in [2.75, 3.05) is 20.3 Å². The first-order valence-electron chi connectivity index (χ1n) is 3.34. The summed E-state index contributed by atoms with van der Waals surface area (Å²) in [4.78, 5) is 4.11. The van der Waals surface area contributed by atoms with Crippen molar-refractivity contribution in [3.05, 3.63) is 0 Å². The van der Waals surface area contributed by atoms with Crippen LogP contribution in [0.25, 0.3) is 0 Å². The highest BCUT2D eigenvalue weighted by atomic mass is 16.5. The normalized spacial score (nSPS) is 11.7. The van der Waals surface area contributed by atoms with Crippen LogP contribution in [0.1, 0.15) is 13.3 Å². The quantitative estimate of drug-likeness (QED) is 0.191. The first-order valence-corrected chi connectivity index (χ1v) is 3.34. The Morgan fingerprint density at radius 1 is 1.70 bits per heavy atom. The van der Waals surface area contributed by atoms with Gasteiger partial charge < -0.3 is 10.2 Å². The molecule has 0 heterocycles. The third-order valence-corrected chi connectivity index (χ3v) is 1.10. The number of ether oxygens (including phenoxy) is 1. The molecule has 0 aliphatic carbocycles. The topological polar surface area (TPSA) is 59.6 Å². The van der Waals surface area contributed by atoms with E-state index in [2.05, 4.69) is 10.4 Å². The Morgan fingerprint density at radius 3 is 2.80 bits per heavy atom. The molecule has 3 N–H and O–H groups in total. The number of rotatable bonds is 4. The van der Waals surface area contributed by atoms with E-state index in [1.807, 2.05) is 6.92 Å². The first kappa shape index (κ1) is 9.39. The summed E-state index contributed by atoms with van der Waals surface area (Å²) in [6, 6.07) is 0. The molecule has 4 nitrogen and oxygen atoms in total. The highest BCUT2D eigenvalue weighted by Crippen LogP contribution is 1.80. The number of nitrogens with two attached hydrogens (primary N) is 1. The zero-order valence-corrected chi connectivity index (χ0v) is 6.55. The molecule has 0 bridgehead atoms. The summed E-state index contributed by atoms with van der Waals surface area (Å²) in [5.41, 5.74) is 2.51. The predicted molar refractivity (Wildman–Crippen MR) is 41.8 cm³/mol. The molecule has 10 heavy (non-hydrogen) atoms. The molecule has 0 saturated carbocycles. The molecule has 0 rings (SSSR count). The Bertz CT molecular complexity index is 97.2. The molecule has 0 aliphatic rings. The van der Waals surface area contributed by atoms with Gasteiger partial charge in [0, 0.05) is 13.5 Å². The van der Waals surface area contributed by atoms with Gasteiger partial charge in [0.25, 0.3) is 0 Å². The van der Waals surface area contributed by atoms with Crippen LogP contribution in [0.5, 0.6) is 0 Å². The smallest absolute Gasteiger partial charge is 0.110 e. The minimum absolute atomic E-state index is 0.644. The number of aliphatic imine (C=N–C) groups is 1. The van der Waals surface area contributed by atoms with Crippen LogP contribution in [0.2, 0.25) is 0 Å². The molecule has 4 heteroatoms. The van der Waals surface area contributed by atoms with Crippen molar-refractivity contribution in [3.63, 3.8) is 0 Å². The second-order valence-electron chi connectivity index (χ2n) is 1.82. The zero-order valence-electron chi connectivity index (χ0n) is 6.55. The molecule has 0 aromatic heterocycles. The Kier molecular flexibility index (Phi) is 6.11. The van der Waals surface area contributed by atoms with Crippen LogP contribution >= 0.6 is 0 Å². The summed E-state index contributed by atoms with van der Waals surface area (Å²) in [6.07, 6.45) is 0.834. The molecule has 60 valence electrons. The molecule has 0 amide bonds. The summed E-state index contributed by atoms with van der Waals surface area (Å²) in [5.74, 6) is 5.96. The standard InChI is InChI=1S/C6H15N3O/c1-3-6(9-7)8-4-5-10-2/h3-5,7H2,1-2H3,(H,8,9). The fourth-order valence-electron chi connectivity index (χ4n) is 0.531. The van der Waals surface area contributed by atoms with Gasteiger partial charge in [0.1, 0.15) is 5.84 Å². The fourth-order valence-corrected chi connectivity index (χ4v) is 0.531. The third kappa shape index (κ3) is 4.29. The van der Waals surface area contributed by atoms with Crippen LogP contribution < -0.4 is 11.3 Å². The van der Waals surface area contributed by atoms with E-state index in [1.54, 1.807) is 7.11 Å². The lowest BCUT2D eigenvalue weighted by Crippen LogP contribution is -2.30. The lowest BCUT2D eigenvalue weighted by molar-refractivity contribution is 0.208. The van der Waals surface area contributed by atoms with Gasteiger partial charge in [-0.05, 0) is 0 Å². The van der Waals surface area contributed by atoms with Gasteiger partial charge in [-0.2, -0.15) is 0 Å². The van der Waals surface area contributed by atoms with Crippen molar-refractivity contribution in [2.45, 2.75) is 13.3 Å². The van der Waals surface area contributed by atoms with Crippen molar-refractivity contribution in [3.8, 4) is 0 Å². The molecule has 0 atom stereocenters. The van der Waals surface area contributed by atoms with E-state index in [-0.39, 0.29) is 0 Å². The fraction of sp³-hybridized carbons (Fsp3) is 0.833. The van der Waals surface area contributed by atoms with Gasteiger partial charge in [-0.3, -0.25) is 4.99 Å². The molecule has 0 radical (unpaired) electrons. The number of nitrogens with zero attached hydrogens (tertiary/aromatic N) is 1. The van der Waals surface area contributed by atoms with Gasteiger partial charge in [0.2, 0.25) is 0 Å². The summed E-state index contributed by atoms with van der Waals surface area (Å²) < 4.78 is 4.81. The molecule has 0 unspecified atom stereocenters. The molecule has 0 saturated heterocycles. The number of nitrogens with one attached hydrogen (secondary N) is 1. The van der Waals surface area contributed by atoms with E-state index in [0.717, 1.165) is 12.3 Å². The second kappa shape index (κ2) is 6.51. The van der Waals surface area contributed by atoms with Gasteiger partial charge in [0.15, 0.2) is 0 Å². The largest absolute Gasteiger partial charge is 0.383 e. The minimum Gasteiger partial charge on any atom is -0.383 e. The predicted octanol–water partition coefficient (Wildman–Crippen LogP) is -0.0954. The Morgan fingerprint density at radius 2 is 2.40 bits per heavy atom. The average Bonchev–Trinajstić information content (AvgIpc) is 1.99. The van der Waals surface area contributed by atoms with Crippen molar-refractivity contribution in [1.29, 1.82) is 0 Å². The van der Waals surface area contributed by atoms with E-state index in [1.165, 1.54) is 0 Å². The lowest BCUT2D eigenvalue weighted by atomic mass is 10.4.